The van der Waals surface area contributed by atoms with Gasteiger partial charge < -0.3 is 14.4 Å². The van der Waals surface area contributed by atoms with Gasteiger partial charge in [0.25, 0.3) is 0 Å². The fraction of sp³-hybridized carbons (Fsp3) is 0.476. The van der Waals surface area contributed by atoms with Gasteiger partial charge in [-0.25, -0.2) is 0 Å². The summed E-state index contributed by atoms with van der Waals surface area (Å²) in [7, 11) is 0. The number of fused-ring (bicyclic) bond motifs is 1. The van der Waals surface area contributed by atoms with E-state index in [4.69, 9.17) is 9.47 Å². The molecule has 2 aliphatic heterocycles. The molecule has 2 aromatic carbocycles. The average Bonchev–Trinajstić information content (AvgIpc) is 3.34. The third-order valence-electron chi connectivity index (χ3n) is 5.98. The Bertz CT molecular complexity index is 796. The molecule has 5 rings (SSSR count). The van der Waals surface area contributed by atoms with E-state index in [2.05, 4.69) is 42.5 Å². The summed E-state index contributed by atoms with van der Waals surface area (Å²) in [5.74, 6) is 0.416. The van der Waals surface area contributed by atoms with E-state index in [-0.39, 0.29) is 5.92 Å². The van der Waals surface area contributed by atoms with Gasteiger partial charge in [-0.3, -0.25) is 4.79 Å². The zero-order chi connectivity index (χ0) is 16.9. The minimum atomic E-state index is -0.407. The SMILES string of the molecule is O=C([C@@H]1C[C@H]1c1cccc2ccccc12)N1CCC2(CC1)OCCO2. The highest BCUT2D eigenvalue weighted by molar-refractivity contribution is 5.89. The Labute approximate surface area is 147 Å². The van der Waals surface area contributed by atoms with Crippen LogP contribution in [0.5, 0.6) is 0 Å². The maximum Gasteiger partial charge on any atom is 0.226 e. The van der Waals surface area contributed by atoms with Gasteiger partial charge in [0.1, 0.15) is 0 Å². The van der Waals surface area contributed by atoms with Crippen LogP contribution in [0, 0.1) is 5.92 Å². The number of benzene rings is 2. The van der Waals surface area contributed by atoms with Crippen LogP contribution in [0.4, 0.5) is 0 Å². The molecule has 3 aliphatic rings. The molecule has 1 spiro atoms. The van der Waals surface area contributed by atoms with E-state index in [1.165, 1.54) is 16.3 Å². The minimum Gasteiger partial charge on any atom is -0.347 e. The number of rotatable bonds is 2. The summed E-state index contributed by atoms with van der Waals surface area (Å²) in [4.78, 5) is 14.9. The first-order valence-corrected chi connectivity index (χ1v) is 9.30. The molecule has 25 heavy (non-hydrogen) atoms. The molecule has 2 heterocycles. The van der Waals surface area contributed by atoms with Gasteiger partial charge in [-0.15, -0.1) is 0 Å². The Morgan fingerprint density at radius 1 is 1.00 bits per heavy atom. The van der Waals surface area contributed by atoms with Gasteiger partial charge >= 0.3 is 0 Å². The third-order valence-corrected chi connectivity index (χ3v) is 5.98. The fourth-order valence-electron chi connectivity index (χ4n) is 4.47. The lowest BCUT2D eigenvalue weighted by Crippen LogP contribution is -2.47. The smallest absolute Gasteiger partial charge is 0.226 e. The Morgan fingerprint density at radius 3 is 2.52 bits per heavy atom. The van der Waals surface area contributed by atoms with Gasteiger partial charge in [-0.1, -0.05) is 42.5 Å². The summed E-state index contributed by atoms with van der Waals surface area (Å²) in [6.07, 6.45) is 2.57. The highest BCUT2D eigenvalue weighted by Crippen LogP contribution is 2.50. The van der Waals surface area contributed by atoms with E-state index >= 15 is 0 Å². The molecule has 2 saturated heterocycles. The van der Waals surface area contributed by atoms with Crippen molar-refractivity contribution in [3.63, 3.8) is 0 Å². The van der Waals surface area contributed by atoms with Gasteiger partial charge in [-0.2, -0.15) is 0 Å². The number of likely N-dealkylation sites (tertiary alicyclic amines) is 1. The average molecular weight is 337 g/mol. The molecule has 2 aromatic rings. The lowest BCUT2D eigenvalue weighted by atomic mass is 9.99. The first kappa shape index (κ1) is 15.4. The zero-order valence-electron chi connectivity index (χ0n) is 14.3. The number of hydrogen-bond donors (Lipinski definition) is 0. The molecule has 130 valence electrons. The van der Waals surface area contributed by atoms with E-state index in [1.807, 2.05) is 4.90 Å². The van der Waals surface area contributed by atoms with Crippen LogP contribution in [0.2, 0.25) is 0 Å². The molecule has 1 saturated carbocycles. The number of nitrogens with zero attached hydrogens (tertiary/aromatic N) is 1. The number of carbonyl (C=O) groups excluding carboxylic acids is 1. The second-order valence-electron chi connectivity index (χ2n) is 7.45. The molecule has 0 radical (unpaired) electrons. The first-order chi connectivity index (χ1) is 12.3. The van der Waals surface area contributed by atoms with Crippen LogP contribution >= 0.6 is 0 Å². The molecule has 1 amide bonds. The predicted octanol–water partition coefficient (Wildman–Crippen LogP) is 3.31. The number of carbonyl (C=O) groups is 1. The Balaban J connectivity index is 1.29. The topological polar surface area (TPSA) is 38.8 Å². The summed E-state index contributed by atoms with van der Waals surface area (Å²) >= 11 is 0. The lowest BCUT2D eigenvalue weighted by Gasteiger charge is -2.37. The maximum atomic E-state index is 12.9. The summed E-state index contributed by atoms with van der Waals surface area (Å²) in [6, 6.07) is 14.9. The summed E-state index contributed by atoms with van der Waals surface area (Å²) in [6.45, 7) is 2.86. The van der Waals surface area contributed by atoms with Gasteiger partial charge in [0, 0.05) is 31.8 Å². The van der Waals surface area contributed by atoms with E-state index < -0.39 is 5.79 Å². The minimum absolute atomic E-state index is 0.144. The quantitative estimate of drug-likeness (QED) is 0.844. The van der Waals surface area contributed by atoms with Crippen molar-refractivity contribution in [2.75, 3.05) is 26.3 Å². The molecular weight excluding hydrogens is 314 g/mol. The Kier molecular flexibility index (Phi) is 3.57. The van der Waals surface area contributed by atoms with Gasteiger partial charge in [-0.05, 0) is 28.7 Å². The summed E-state index contributed by atoms with van der Waals surface area (Å²) < 4.78 is 11.5. The van der Waals surface area contributed by atoms with E-state index in [1.54, 1.807) is 0 Å². The standard InChI is InChI=1S/C21H23NO3/c23-20(22-10-8-21(9-11-22)24-12-13-25-21)19-14-18(19)17-7-3-5-15-4-1-2-6-16(15)17/h1-7,18-19H,8-14H2/t18-,19+/m0/s1. The van der Waals surface area contributed by atoms with Crippen LogP contribution < -0.4 is 0 Å². The molecule has 0 N–H and O–H groups in total. The van der Waals surface area contributed by atoms with E-state index in [0.717, 1.165) is 32.4 Å². The van der Waals surface area contributed by atoms with Crippen molar-refractivity contribution >= 4 is 16.7 Å². The van der Waals surface area contributed by atoms with Crippen LogP contribution in [-0.4, -0.2) is 42.9 Å². The molecule has 0 aromatic heterocycles. The van der Waals surface area contributed by atoms with Crippen molar-refractivity contribution in [1.82, 2.24) is 4.90 Å². The largest absolute Gasteiger partial charge is 0.347 e. The molecule has 0 bridgehead atoms. The van der Waals surface area contributed by atoms with Crippen LogP contribution in [0.3, 0.4) is 0 Å². The van der Waals surface area contributed by atoms with Crippen LogP contribution in [0.25, 0.3) is 10.8 Å². The fourth-order valence-corrected chi connectivity index (χ4v) is 4.47. The Morgan fingerprint density at radius 2 is 1.72 bits per heavy atom. The van der Waals surface area contributed by atoms with E-state index in [0.29, 0.717) is 25.0 Å². The van der Waals surface area contributed by atoms with Crippen molar-refractivity contribution in [2.45, 2.75) is 31.0 Å². The van der Waals surface area contributed by atoms with Crippen LogP contribution in [0.15, 0.2) is 42.5 Å². The van der Waals surface area contributed by atoms with Gasteiger partial charge in [0.2, 0.25) is 5.91 Å². The third kappa shape index (κ3) is 2.64. The molecule has 4 nitrogen and oxygen atoms in total. The second-order valence-corrected chi connectivity index (χ2v) is 7.45. The van der Waals surface area contributed by atoms with Crippen LogP contribution in [-0.2, 0) is 14.3 Å². The highest BCUT2D eigenvalue weighted by atomic mass is 16.7. The predicted molar refractivity (Wildman–Crippen MR) is 95.2 cm³/mol. The lowest BCUT2D eigenvalue weighted by molar-refractivity contribution is -0.187. The van der Waals surface area contributed by atoms with Crippen molar-refractivity contribution in [3.8, 4) is 0 Å². The normalized spacial score (nSPS) is 27.8. The summed E-state index contributed by atoms with van der Waals surface area (Å²) in [5.41, 5.74) is 1.33. The second kappa shape index (κ2) is 5.82. The van der Waals surface area contributed by atoms with Crippen molar-refractivity contribution in [2.24, 2.45) is 5.92 Å². The molecule has 4 heteroatoms. The number of hydrogen-bond acceptors (Lipinski definition) is 3. The molecule has 2 atom stereocenters. The first-order valence-electron chi connectivity index (χ1n) is 9.30. The molecule has 1 aliphatic carbocycles. The number of ether oxygens (including phenoxy) is 2. The van der Waals surface area contributed by atoms with Gasteiger partial charge in [0.15, 0.2) is 5.79 Å². The zero-order valence-corrected chi connectivity index (χ0v) is 14.3. The van der Waals surface area contributed by atoms with Crippen molar-refractivity contribution in [1.29, 1.82) is 0 Å². The number of amides is 1. The van der Waals surface area contributed by atoms with Crippen molar-refractivity contribution < 1.29 is 14.3 Å². The summed E-state index contributed by atoms with van der Waals surface area (Å²) in [5, 5.41) is 2.55. The Hall–Kier alpha value is -1.91. The van der Waals surface area contributed by atoms with Crippen molar-refractivity contribution in [3.05, 3.63) is 48.0 Å². The van der Waals surface area contributed by atoms with Crippen LogP contribution in [0.1, 0.15) is 30.7 Å². The highest BCUT2D eigenvalue weighted by Gasteiger charge is 2.48. The molecule has 0 unspecified atom stereocenters. The maximum absolute atomic E-state index is 12.9. The van der Waals surface area contributed by atoms with Gasteiger partial charge in [0.05, 0.1) is 13.2 Å². The number of piperidine rings is 1. The molecular formula is C21H23NO3. The monoisotopic (exact) mass is 337 g/mol. The van der Waals surface area contributed by atoms with E-state index in [9.17, 15) is 4.79 Å². The molecule has 3 fully saturated rings.